The minimum absolute atomic E-state index is 0.0282. The fraction of sp³-hybridized carbons (Fsp3) is 0.269. The molecule has 0 fully saturated rings. The molecule has 0 aliphatic carbocycles. The fourth-order valence-electron chi connectivity index (χ4n) is 3.44. The van der Waals surface area contributed by atoms with E-state index in [1.54, 1.807) is 36.7 Å². The van der Waals surface area contributed by atoms with Crippen molar-refractivity contribution in [2.45, 2.75) is 38.8 Å². The molecule has 10 heteroatoms. The van der Waals surface area contributed by atoms with Crippen LogP contribution in [0.25, 0.3) is 0 Å². The Bertz CT molecular complexity index is 1190. The molecule has 0 saturated heterocycles. The number of nitrogens with zero attached hydrogens (tertiary/aromatic N) is 1. The first-order chi connectivity index (χ1) is 17.1. The van der Waals surface area contributed by atoms with Crippen LogP contribution in [-0.4, -0.2) is 23.5 Å². The number of pyridine rings is 1. The monoisotopic (exact) mass is 519 g/mol. The summed E-state index contributed by atoms with van der Waals surface area (Å²) in [5.41, 5.74) is 1.66. The lowest BCUT2D eigenvalue weighted by Crippen LogP contribution is -2.15. The molecule has 0 atom stereocenters. The van der Waals surface area contributed by atoms with E-state index in [-0.39, 0.29) is 30.4 Å². The number of aryl methyl sites for hydroxylation is 1. The van der Waals surface area contributed by atoms with Gasteiger partial charge in [-0.3, -0.25) is 14.6 Å². The van der Waals surface area contributed by atoms with E-state index in [1.807, 2.05) is 12.1 Å². The third-order valence-electron chi connectivity index (χ3n) is 5.23. The van der Waals surface area contributed by atoms with Crippen LogP contribution >= 0.6 is 11.6 Å². The van der Waals surface area contributed by atoms with E-state index in [1.165, 1.54) is 6.92 Å². The molecule has 1 aromatic heterocycles. The predicted molar refractivity (Wildman–Crippen MR) is 132 cm³/mol. The molecular formula is C26H25ClF3N3O3. The van der Waals surface area contributed by atoms with E-state index in [0.717, 1.165) is 23.3 Å². The average molecular weight is 520 g/mol. The number of ether oxygens (including phenoxy) is 1. The van der Waals surface area contributed by atoms with Crippen molar-refractivity contribution in [3.63, 3.8) is 0 Å². The van der Waals surface area contributed by atoms with Gasteiger partial charge in [0.25, 0.3) is 0 Å². The minimum atomic E-state index is -4.68. The van der Waals surface area contributed by atoms with Gasteiger partial charge in [-0.1, -0.05) is 23.7 Å². The minimum Gasteiger partial charge on any atom is -0.466 e. The number of hydrogen-bond acceptors (Lipinski definition) is 5. The number of nitrogens with one attached hydrogen (secondary N) is 2. The quantitative estimate of drug-likeness (QED) is 0.296. The van der Waals surface area contributed by atoms with E-state index >= 15 is 0 Å². The number of hydrogen-bond donors (Lipinski definition) is 2. The smallest absolute Gasteiger partial charge is 0.417 e. The van der Waals surface area contributed by atoms with E-state index in [9.17, 15) is 22.8 Å². The van der Waals surface area contributed by atoms with Crippen molar-refractivity contribution in [1.82, 2.24) is 4.98 Å². The van der Waals surface area contributed by atoms with Gasteiger partial charge in [0.05, 0.1) is 28.6 Å². The summed E-state index contributed by atoms with van der Waals surface area (Å²) in [6, 6.07) is 12.7. The number of amides is 1. The van der Waals surface area contributed by atoms with Crippen molar-refractivity contribution in [2.75, 3.05) is 17.2 Å². The van der Waals surface area contributed by atoms with E-state index in [2.05, 4.69) is 15.6 Å². The molecule has 0 unspecified atom stereocenters. The van der Waals surface area contributed by atoms with Crippen LogP contribution in [0.1, 0.15) is 36.5 Å². The molecule has 0 saturated carbocycles. The van der Waals surface area contributed by atoms with Gasteiger partial charge in [0.15, 0.2) is 0 Å². The number of rotatable bonds is 10. The zero-order valence-corrected chi connectivity index (χ0v) is 20.2. The maximum Gasteiger partial charge on any atom is 0.417 e. The third-order valence-corrected chi connectivity index (χ3v) is 5.55. The maximum atomic E-state index is 13.5. The zero-order chi connectivity index (χ0) is 26.1. The second-order valence-electron chi connectivity index (χ2n) is 8.04. The predicted octanol–water partition coefficient (Wildman–Crippen LogP) is 6.56. The van der Waals surface area contributed by atoms with Gasteiger partial charge in [-0.25, -0.2) is 0 Å². The highest BCUT2D eigenvalue weighted by Crippen LogP contribution is 2.40. The largest absolute Gasteiger partial charge is 0.466 e. The van der Waals surface area contributed by atoms with Crippen molar-refractivity contribution >= 4 is 40.5 Å². The van der Waals surface area contributed by atoms with Crippen LogP contribution in [0.2, 0.25) is 5.02 Å². The van der Waals surface area contributed by atoms with Crippen LogP contribution in [0.3, 0.4) is 0 Å². The molecule has 0 bridgehead atoms. The first-order valence-electron chi connectivity index (χ1n) is 11.2. The van der Waals surface area contributed by atoms with Crippen molar-refractivity contribution in [3.8, 4) is 0 Å². The summed E-state index contributed by atoms with van der Waals surface area (Å²) in [6.45, 7) is 1.58. The van der Waals surface area contributed by atoms with Crippen LogP contribution in [0.4, 0.5) is 30.2 Å². The summed E-state index contributed by atoms with van der Waals surface area (Å²) in [4.78, 5) is 27.4. The normalized spacial score (nSPS) is 11.1. The number of carbonyl (C=O) groups is 2. The summed E-state index contributed by atoms with van der Waals surface area (Å²) >= 11 is 5.93. The van der Waals surface area contributed by atoms with Gasteiger partial charge in [0.1, 0.15) is 0 Å². The lowest BCUT2D eigenvalue weighted by molar-refractivity contribution is -0.141. The molecular weight excluding hydrogens is 495 g/mol. The van der Waals surface area contributed by atoms with E-state index in [4.69, 9.17) is 16.3 Å². The van der Waals surface area contributed by atoms with Crippen LogP contribution in [0, 0.1) is 0 Å². The van der Waals surface area contributed by atoms with Crippen molar-refractivity contribution in [2.24, 2.45) is 0 Å². The molecule has 2 N–H and O–H groups in total. The number of esters is 1. The Labute approximate surface area is 211 Å². The second-order valence-corrected chi connectivity index (χ2v) is 8.45. The molecule has 0 spiro atoms. The van der Waals surface area contributed by atoms with E-state index < -0.39 is 22.7 Å². The second kappa shape index (κ2) is 12.4. The Morgan fingerprint density at radius 3 is 2.28 bits per heavy atom. The van der Waals surface area contributed by atoms with Crippen LogP contribution in [0.15, 0.2) is 60.9 Å². The number of aromatic nitrogens is 1. The molecule has 0 aliphatic heterocycles. The van der Waals surface area contributed by atoms with Crippen molar-refractivity contribution < 1.29 is 27.5 Å². The summed E-state index contributed by atoms with van der Waals surface area (Å²) in [7, 11) is 0. The Morgan fingerprint density at radius 2 is 1.64 bits per heavy atom. The van der Waals surface area contributed by atoms with Gasteiger partial charge in [-0.15, -0.1) is 0 Å². The SMILES string of the molecule is CC(=O)OCCc1ccc(Nc2cc(Cl)c(C(F)(F)F)cc2NC(=O)CCCc2ccncc2)cc1. The molecule has 0 aliphatic rings. The standard InChI is InChI=1S/C26H25ClF3N3O3/c1-17(34)36-14-11-19-5-7-20(8-6-19)32-24-16-22(27)21(26(28,29)30)15-23(24)33-25(35)4-2-3-18-9-12-31-13-10-18/h5-10,12-13,15-16,32H,2-4,11,14H2,1H3,(H,33,35). The highest BCUT2D eigenvalue weighted by molar-refractivity contribution is 6.32. The molecule has 1 amide bonds. The molecule has 3 rings (SSSR count). The summed E-state index contributed by atoms with van der Waals surface area (Å²) in [5, 5.41) is 5.12. The van der Waals surface area contributed by atoms with Crippen molar-refractivity contribution in [3.05, 3.63) is 82.6 Å². The lowest BCUT2D eigenvalue weighted by Gasteiger charge is -2.18. The molecule has 36 heavy (non-hydrogen) atoms. The van der Waals surface area contributed by atoms with Crippen LogP contribution in [0.5, 0.6) is 0 Å². The van der Waals surface area contributed by atoms with E-state index in [0.29, 0.717) is 24.9 Å². The van der Waals surface area contributed by atoms with Gasteiger partial charge in [-0.05, 0) is 60.4 Å². The van der Waals surface area contributed by atoms with Gasteiger partial charge in [0, 0.05) is 37.8 Å². The molecule has 3 aromatic rings. The first kappa shape index (κ1) is 27.0. The first-order valence-corrected chi connectivity index (χ1v) is 11.6. The zero-order valence-electron chi connectivity index (χ0n) is 19.5. The number of carbonyl (C=O) groups excluding carboxylic acids is 2. The van der Waals surface area contributed by atoms with Gasteiger partial charge < -0.3 is 15.4 Å². The Hall–Kier alpha value is -3.59. The van der Waals surface area contributed by atoms with Crippen LogP contribution in [-0.2, 0) is 33.3 Å². The molecule has 6 nitrogen and oxygen atoms in total. The highest BCUT2D eigenvalue weighted by Gasteiger charge is 2.34. The molecule has 190 valence electrons. The molecule has 0 radical (unpaired) electrons. The van der Waals surface area contributed by atoms with Gasteiger partial charge in [0.2, 0.25) is 5.91 Å². The lowest BCUT2D eigenvalue weighted by atomic mass is 10.1. The summed E-state index contributed by atoms with van der Waals surface area (Å²) in [6.07, 6.45) is 0.445. The van der Waals surface area contributed by atoms with Gasteiger partial charge >= 0.3 is 12.1 Å². The topological polar surface area (TPSA) is 80.3 Å². The van der Waals surface area contributed by atoms with Crippen molar-refractivity contribution in [1.29, 1.82) is 0 Å². The summed E-state index contributed by atoms with van der Waals surface area (Å²) in [5.74, 6) is -0.775. The summed E-state index contributed by atoms with van der Waals surface area (Å²) < 4.78 is 45.3. The Morgan fingerprint density at radius 1 is 0.972 bits per heavy atom. The van der Waals surface area contributed by atoms with Crippen LogP contribution < -0.4 is 10.6 Å². The number of benzene rings is 2. The third kappa shape index (κ3) is 8.27. The Balaban J connectivity index is 1.73. The number of anilines is 3. The Kier molecular flexibility index (Phi) is 9.30. The van der Waals surface area contributed by atoms with Gasteiger partial charge in [-0.2, -0.15) is 13.2 Å². The highest BCUT2D eigenvalue weighted by atomic mass is 35.5. The average Bonchev–Trinajstić information content (AvgIpc) is 2.81. The molecule has 1 heterocycles. The number of alkyl halides is 3. The number of halogens is 4. The fourth-order valence-corrected chi connectivity index (χ4v) is 3.71. The maximum absolute atomic E-state index is 13.5. The molecule has 2 aromatic carbocycles.